The topological polar surface area (TPSA) is 66.4 Å². The van der Waals surface area contributed by atoms with Crippen molar-refractivity contribution in [2.75, 3.05) is 5.32 Å². The number of rotatable bonds is 4. The monoisotopic (exact) mass is 269 g/mol. The lowest BCUT2D eigenvalue weighted by Crippen LogP contribution is -2.30. The highest BCUT2D eigenvalue weighted by Gasteiger charge is 2.27. The van der Waals surface area contributed by atoms with Crippen molar-refractivity contribution in [3.63, 3.8) is 0 Å². The molecule has 0 atom stereocenters. The molecule has 0 aliphatic heterocycles. The van der Waals surface area contributed by atoms with Gasteiger partial charge in [0.1, 0.15) is 5.56 Å². The lowest BCUT2D eigenvalue weighted by molar-refractivity contribution is -0.124. The summed E-state index contributed by atoms with van der Waals surface area (Å²) in [5, 5.41) is 11.8. The first-order valence-electron chi connectivity index (χ1n) is 5.63. The predicted octanol–water partition coefficient (Wildman–Crippen LogP) is 3.41. The number of aromatic carboxylic acids is 1. The zero-order valence-corrected chi connectivity index (χ0v) is 11.3. The molecule has 1 aromatic rings. The molecule has 4 nitrogen and oxygen atoms in total. The molecule has 0 unspecified atom stereocenters. The lowest BCUT2D eigenvalue weighted by Gasteiger charge is -2.22. The fraction of sp³-hybridized carbons (Fsp3) is 0.385. The van der Waals surface area contributed by atoms with Gasteiger partial charge in [-0.25, -0.2) is 4.79 Å². The number of benzene rings is 1. The summed E-state index contributed by atoms with van der Waals surface area (Å²) in [5.41, 5.74) is -0.418. The van der Waals surface area contributed by atoms with Crippen molar-refractivity contribution in [3.05, 3.63) is 28.8 Å². The minimum atomic E-state index is -1.16. The second-order valence-corrected chi connectivity index (χ2v) is 5.07. The number of carboxylic acids is 1. The van der Waals surface area contributed by atoms with Crippen molar-refractivity contribution in [3.8, 4) is 0 Å². The van der Waals surface area contributed by atoms with E-state index in [1.807, 2.05) is 6.92 Å². The van der Waals surface area contributed by atoms with Gasteiger partial charge < -0.3 is 10.4 Å². The van der Waals surface area contributed by atoms with Crippen molar-refractivity contribution in [2.24, 2.45) is 5.41 Å². The molecule has 0 aliphatic rings. The summed E-state index contributed by atoms with van der Waals surface area (Å²) in [7, 11) is 0. The van der Waals surface area contributed by atoms with Crippen LogP contribution in [0.1, 0.15) is 37.6 Å². The molecule has 1 rings (SSSR count). The Morgan fingerprint density at radius 2 is 2.00 bits per heavy atom. The number of carboxylic acid groups (broad SMARTS) is 1. The Balaban J connectivity index is 3.09. The second-order valence-electron chi connectivity index (χ2n) is 4.66. The molecule has 0 aliphatic carbocycles. The van der Waals surface area contributed by atoms with Crippen molar-refractivity contribution in [1.29, 1.82) is 0 Å². The number of hydrogen-bond donors (Lipinski definition) is 2. The van der Waals surface area contributed by atoms with Crippen LogP contribution < -0.4 is 5.32 Å². The molecule has 0 fully saturated rings. The van der Waals surface area contributed by atoms with Crippen LogP contribution in [0.4, 0.5) is 5.69 Å². The molecular formula is C13H16ClNO3. The van der Waals surface area contributed by atoms with Gasteiger partial charge in [-0.05, 0) is 18.6 Å². The lowest BCUT2D eigenvalue weighted by atomic mass is 9.89. The van der Waals surface area contributed by atoms with Gasteiger partial charge >= 0.3 is 5.97 Å². The molecule has 0 spiro atoms. The predicted molar refractivity (Wildman–Crippen MR) is 71.1 cm³/mol. The van der Waals surface area contributed by atoms with Crippen LogP contribution in [0.2, 0.25) is 5.02 Å². The summed E-state index contributed by atoms with van der Waals surface area (Å²) in [6.45, 7) is 5.50. The van der Waals surface area contributed by atoms with Crippen LogP contribution in [0.3, 0.4) is 0 Å². The van der Waals surface area contributed by atoms with Gasteiger partial charge in [0.25, 0.3) is 0 Å². The van der Waals surface area contributed by atoms with Gasteiger partial charge in [0.2, 0.25) is 5.91 Å². The highest BCUT2D eigenvalue weighted by Crippen LogP contribution is 2.27. The summed E-state index contributed by atoms with van der Waals surface area (Å²) in [6.07, 6.45) is 0.655. The first-order chi connectivity index (χ1) is 8.29. The molecule has 1 aromatic carbocycles. The van der Waals surface area contributed by atoms with E-state index >= 15 is 0 Å². The maximum Gasteiger partial charge on any atom is 0.339 e. The first kappa shape index (κ1) is 14.5. The van der Waals surface area contributed by atoms with E-state index in [0.717, 1.165) is 0 Å². The molecule has 98 valence electrons. The van der Waals surface area contributed by atoms with Gasteiger partial charge in [-0.3, -0.25) is 4.79 Å². The molecule has 0 saturated heterocycles. The third-order valence-corrected chi connectivity index (χ3v) is 3.29. The molecule has 18 heavy (non-hydrogen) atoms. The zero-order chi connectivity index (χ0) is 13.9. The van der Waals surface area contributed by atoms with E-state index in [1.54, 1.807) is 19.9 Å². The van der Waals surface area contributed by atoms with E-state index in [4.69, 9.17) is 16.7 Å². The van der Waals surface area contributed by atoms with Crippen LogP contribution in [0, 0.1) is 5.41 Å². The largest absolute Gasteiger partial charge is 0.478 e. The normalized spacial score (nSPS) is 11.1. The second kappa shape index (κ2) is 5.40. The third kappa shape index (κ3) is 3.01. The fourth-order valence-corrected chi connectivity index (χ4v) is 1.55. The van der Waals surface area contributed by atoms with Crippen LogP contribution in [-0.2, 0) is 4.79 Å². The molecule has 0 saturated carbocycles. The van der Waals surface area contributed by atoms with E-state index in [2.05, 4.69) is 5.32 Å². The average Bonchev–Trinajstić information content (AvgIpc) is 2.28. The maximum atomic E-state index is 12.0. The molecule has 1 amide bonds. The van der Waals surface area contributed by atoms with Crippen molar-refractivity contribution in [1.82, 2.24) is 0 Å². The smallest absolute Gasteiger partial charge is 0.339 e. The molecule has 5 heteroatoms. The number of amides is 1. The summed E-state index contributed by atoms with van der Waals surface area (Å²) >= 11 is 5.82. The van der Waals surface area contributed by atoms with Gasteiger partial charge in [0.05, 0.1) is 10.7 Å². The van der Waals surface area contributed by atoms with Crippen LogP contribution in [0.25, 0.3) is 0 Å². The highest BCUT2D eigenvalue weighted by atomic mass is 35.5. The summed E-state index contributed by atoms with van der Waals surface area (Å²) < 4.78 is 0. The Bertz CT molecular complexity index is 483. The minimum absolute atomic E-state index is 0.0839. The molecule has 2 N–H and O–H groups in total. The van der Waals surface area contributed by atoms with E-state index in [9.17, 15) is 9.59 Å². The first-order valence-corrected chi connectivity index (χ1v) is 6.00. The molecule has 0 heterocycles. The van der Waals surface area contributed by atoms with Gasteiger partial charge in [-0.15, -0.1) is 0 Å². The van der Waals surface area contributed by atoms with Crippen molar-refractivity contribution < 1.29 is 14.7 Å². The summed E-state index contributed by atoms with van der Waals surface area (Å²) in [6, 6.07) is 4.61. The van der Waals surface area contributed by atoms with E-state index in [1.165, 1.54) is 12.1 Å². The van der Waals surface area contributed by atoms with E-state index in [0.29, 0.717) is 6.42 Å². The number of hydrogen-bond acceptors (Lipinski definition) is 2. The standard InChI is InChI=1S/C13H16ClNO3/c1-4-13(2,3)12(18)15-9-7-5-6-8(14)10(9)11(16)17/h5-7H,4H2,1-3H3,(H,15,18)(H,16,17). The Hall–Kier alpha value is -1.55. The summed E-state index contributed by atoms with van der Waals surface area (Å²) in [5.74, 6) is -1.39. The average molecular weight is 270 g/mol. The Kier molecular flexibility index (Phi) is 4.35. The summed E-state index contributed by atoms with van der Waals surface area (Å²) in [4.78, 5) is 23.1. The Labute approximate surface area is 111 Å². The minimum Gasteiger partial charge on any atom is -0.478 e. The van der Waals surface area contributed by atoms with Gasteiger partial charge in [0.15, 0.2) is 0 Å². The van der Waals surface area contributed by atoms with Crippen LogP contribution >= 0.6 is 11.6 Å². The SMILES string of the molecule is CCC(C)(C)C(=O)Nc1cccc(Cl)c1C(=O)O. The quantitative estimate of drug-likeness (QED) is 0.880. The Morgan fingerprint density at radius 1 is 1.39 bits per heavy atom. The van der Waals surface area contributed by atoms with Crippen LogP contribution in [-0.4, -0.2) is 17.0 Å². The van der Waals surface area contributed by atoms with Crippen LogP contribution in [0.5, 0.6) is 0 Å². The van der Waals surface area contributed by atoms with E-state index in [-0.39, 0.29) is 22.2 Å². The number of anilines is 1. The molecule has 0 radical (unpaired) electrons. The fourth-order valence-electron chi connectivity index (χ4n) is 1.30. The molecular weight excluding hydrogens is 254 g/mol. The number of nitrogens with one attached hydrogen (secondary N) is 1. The van der Waals surface area contributed by atoms with E-state index < -0.39 is 11.4 Å². The van der Waals surface area contributed by atoms with Crippen molar-refractivity contribution in [2.45, 2.75) is 27.2 Å². The number of carbonyl (C=O) groups excluding carboxylic acids is 1. The van der Waals surface area contributed by atoms with Gasteiger partial charge in [-0.1, -0.05) is 38.4 Å². The molecule has 0 bridgehead atoms. The van der Waals surface area contributed by atoms with Gasteiger partial charge in [-0.2, -0.15) is 0 Å². The maximum absolute atomic E-state index is 12.0. The zero-order valence-electron chi connectivity index (χ0n) is 10.6. The highest BCUT2D eigenvalue weighted by molar-refractivity contribution is 6.34. The Morgan fingerprint density at radius 3 is 2.50 bits per heavy atom. The molecule has 0 aromatic heterocycles. The number of carbonyl (C=O) groups is 2. The van der Waals surface area contributed by atoms with Crippen molar-refractivity contribution >= 4 is 29.2 Å². The van der Waals surface area contributed by atoms with Crippen LogP contribution in [0.15, 0.2) is 18.2 Å². The third-order valence-electron chi connectivity index (χ3n) is 2.97. The number of halogens is 1. The van der Waals surface area contributed by atoms with Gasteiger partial charge in [0, 0.05) is 5.41 Å².